The molecule has 2 amide bonds. The first-order valence-electron chi connectivity index (χ1n) is 11.9. The van der Waals surface area contributed by atoms with E-state index in [0.717, 1.165) is 26.7 Å². The van der Waals surface area contributed by atoms with Gasteiger partial charge >= 0.3 is 0 Å². The van der Waals surface area contributed by atoms with Crippen molar-refractivity contribution < 1.29 is 14.3 Å². The highest BCUT2D eigenvalue weighted by Gasteiger charge is 2.31. The van der Waals surface area contributed by atoms with Crippen LogP contribution in [0.3, 0.4) is 0 Å². The molecule has 3 aromatic carbocycles. The topological polar surface area (TPSA) is 58.6 Å². The summed E-state index contributed by atoms with van der Waals surface area (Å²) < 4.78 is 6.93. The van der Waals surface area contributed by atoms with Crippen molar-refractivity contribution in [2.75, 3.05) is 6.61 Å². The van der Waals surface area contributed by atoms with Gasteiger partial charge in [-0.05, 0) is 74.2 Å². The fraction of sp³-hybridized carbons (Fsp3) is 0.310. The fourth-order valence-corrected chi connectivity index (χ4v) is 4.43. The lowest BCUT2D eigenvalue weighted by atomic mass is 10.0. The van der Waals surface area contributed by atoms with Crippen molar-refractivity contribution in [2.24, 2.45) is 0 Å². The molecule has 7 heteroatoms. The molecule has 0 saturated carbocycles. The maximum Gasteiger partial charge on any atom is 0.261 e. The molecule has 0 aliphatic carbocycles. The predicted octanol–water partition coefficient (Wildman–Crippen LogP) is 6.26. The minimum Gasteiger partial charge on any atom is -0.484 e. The normalized spacial score (nSPS) is 11.8. The Balaban J connectivity index is 1.92. The first kappa shape index (κ1) is 27.8. The molecule has 0 bridgehead atoms. The standard InChI is InChI=1S/C29H32BrClN2O3/c1-19(2)32-29(35)26(16-22-9-6-5-7-10-22)33(17-23-11-8-12-24(31)15-23)27(34)18-36-25-13-20(3)28(30)21(4)14-25/h5-15,19,26H,16-18H2,1-4H3,(H,32,35)/t26-/m0/s1. The van der Waals surface area contributed by atoms with Crippen molar-refractivity contribution in [3.63, 3.8) is 0 Å². The fourth-order valence-electron chi connectivity index (χ4n) is 3.98. The van der Waals surface area contributed by atoms with Gasteiger partial charge in [0.05, 0.1) is 0 Å². The Morgan fingerprint density at radius 1 is 0.972 bits per heavy atom. The Morgan fingerprint density at radius 2 is 1.61 bits per heavy atom. The summed E-state index contributed by atoms with van der Waals surface area (Å²) in [5.41, 5.74) is 3.84. The van der Waals surface area contributed by atoms with Crippen molar-refractivity contribution in [1.82, 2.24) is 10.2 Å². The van der Waals surface area contributed by atoms with E-state index in [4.69, 9.17) is 16.3 Å². The summed E-state index contributed by atoms with van der Waals surface area (Å²) in [4.78, 5) is 28.6. The smallest absolute Gasteiger partial charge is 0.261 e. The highest BCUT2D eigenvalue weighted by molar-refractivity contribution is 9.10. The Morgan fingerprint density at radius 3 is 2.22 bits per heavy atom. The molecule has 0 heterocycles. The highest BCUT2D eigenvalue weighted by atomic mass is 79.9. The van der Waals surface area contributed by atoms with Gasteiger partial charge in [-0.25, -0.2) is 0 Å². The summed E-state index contributed by atoms with van der Waals surface area (Å²) in [5.74, 6) is 0.114. The summed E-state index contributed by atoms with van der Waals surface area (Å²) in [6, 6.07) is 20.0. The van der Waals surface area contributed by atoms with Crippen LogP contribution in [0.2, 0.25) is 5.02 Å². The van der Waals surface area contributed by atoms with E-state index in [2.05, 4.69) is 21.2 Å². The molecule has 190 valence electrons. The van der Waals surface area contributed by atoms with Gasteiger partial charge in [-0.1, -0.05) is 70.0 Å². The summed E-state index contributed by atoms with van der Waals surface area (Å²) in [6.45, 7) is 7.79. The predicted molar refractivity (Wildman–Crippen MR) is 148 cm³/mol. The number of rotatable bonds is 10. The number of ether oxygens (including phenoxy) is 1. The number of nitrogens with zero attached hydrogens (tertiary/aromatic N) is 1. The zero-order chi connectivity index (χ0) is 26.2. The zero-order valence-electron chi connectivity index (χ0n) is 21.1. The molecule has 0 aliphatic heterocycles. The van der Waals surface area contributed by atoms with Gasteiger partial charge in [0.25, 0.3) is 5.91 Å². The lowest BCUT2D eigenvalue weighted by Crippen LogP contribution is -2.52. The number of aryl methyl sites for hydroxylation is 2. The van der Waals surface area contributed by atoms with Gasteiger partial charge < -0.3 is 15.0 Å². The molecule has 36 heavy (non-hydrogen) atoms. The van der Waals surface area contributed by atoms with Gasteiger partial charge in [0, 0.05) is 28.5 Å². The van der Waals surface area contributed by atoms with Crippen LogP contribution in [0.4, 0.5) is 0 Å². The van der Waals surface area contributed by atoms with E-state index in [9.17, 15) is 9.59 Å². The summed E-state index contributed by atoms with van der Waals surface area (Å²) in [7, 11) is 0. The van der Waals surface area contributed by atoms with Crippen LogP contribution in [-0.2, 0) is 22.6 Å². The molecule has 0 spiro atoms. The summed E-state index contributed by atoms with van der Waals surface area (Å²) >= 11 is 9.78. The average Bonchev–Trinajstić information content (AvgIpc) is 2.83. The minimum absolute atomic E-state index is 0.0659. The molecule has 0 saturated heterocycles. The van der Waals surface area contributed by atoms with E-state index in [1.54, 1.807) is 11.0 Å². The Bertz CT molecular complexity index is 1180. The molecule has 1 atom stereocenters. The summed E-state index contributed by atoms with van der Waals surface area (Å²) in [6.07, 6.45) is 0.377. The zero-order valence-corrected chi connectivity index (χ0v) is 23.4. The van der Waals surface area contributed by atoms with Gasteiger partial charge in [0.15, 0.2) is 6.61 Å². The third-order valence-corrected chi connectivity index (χ3v) is 7.20. The maximum absolute atomic E-state index is 13.6. The van der Waals surface area contributed by atoms with E-state index in [0.29, 0.717) is 17.2 Å². The SMILES string of the molecule is Cc1cc(OCC(=O)N(Cc2cccc(Cl)c2)[C@@H](Cc2ccccc2)C(=O)NC(C)C)cc(C)c1Br. The third-order valence-electron chi connectivity index (χ3n) is 5.72. The van der Waals surface area contributed by atoms with Crippen LogP contribution >= 0.6 is 27.5 Å². The first-order valence-corrected chi connectivity index (χ1v) is 13.1. The largest absolute Gasteiger partial charge is 0.484 e. The monoisotopic (exact) mass is 570 g/mol. The van der Waals surface area contributed by atoms with Gasteiger partial charge in [0.2, 0.25) is 5.91 Å². The van der Waals surface area contributed by atoms with E-state index in [1.165, 1.54) is 0 Å². The maximum atomic E-state index is 13.6. The van der Waals surface area contributed by atoms with Gasteiger partial charge in [-0.2, -0.15) is 0 Å². The third kappa shape index (κ3) is 7.84. The minimum atomic E-state index is -0.724. The Labute approximate surface area is 226 Å². The van der Waals surface area contributed by atoms with Crippen LogP contribution in [-0.4, -0.2) is 35.4 Å². The first-order chi connectivity index (χ1) is 17.1. The molecule has 5 nitrogen and oxygen atoms in total. The van der Waals surface area contributed by atoms with Gasteiger partial charge in [0.1, 0.15) is 11.8 Å². The molecule has 0 aromatic heterocycles. The molecule has 0 aliphatic rings. The molecule has 0 radical (unpaired) electrons. The summed E-state index contributed by atoms with van der Waals surface area (Å²) in [5, 5.41) is 3.56. The van der Waals surface area contributed by atoms with Crippen LogP contribution in [0.25, 0.3) is 0 Å². The van der Waals surface area contributed by atoms with E-state index in [-0.39, 0.29) is 31.0 Å². The second-order valence-electron chi connectivity index (χ2n) is 9.18. The number of hydrogen-bond donors (Lipinski definition) is 1. The van der Waals surface area contributed by atoms with E-state index >= 15 is 0 Å². The molecule has 3 rings (SSSR count). The van der Waals surface area contributed by atoms with Crippen LogP contribution < -0.4 is 10.1 Å². The van der Waals surface area contributed by atoms with Crippen molar-refractivity contribution in [3.8, 4) is 5.75 Å². The van der Waals surface area contributed by atoms with Crippen LogP contribution in [0, 0.1) is 13.8 Å². The number of hydrogen-bond acceptors (Lipinski definition) is 3. The van der Waals surface area contributed by atoms with Crippen LogP contribution in [0.1, 0.15) is 36.1 Å². The highest BCUT2D eigenvalue weighted by Crippen LogP contribution is 2.26. The molecule has 3 aromatic rings. The number of benzene rings is 3. The molecular weight excluding hydrogens is 540 g/mol. The molecule has 1 N–H and O–H groups in total. The van der Waals surface area contributed by atoms with Gasteiger partial charge in [-0.15, -0.1) is 0 Å². The van der Waals surface area contributed by atoms with Crippen molar-refractivity contribution in [2.45, 2.75) is 52.7 Å². The second-order valence-corrected chi connectivity index (χ2v) is 10.4. The molecule has 0 fully saturated rings. The second kappa shape index (κ2) is 12.9. The Hall–Kier alpha value is -2.83. The quantitative estimate of drug-likeness (QED) is 0.312. The van der Waals surface area contributed by atoms with Crippen molar-refractivity contribution >= 4 is 39.3 Å². The lowest BCUT2D eigenvalue weighted by Gasteiger charge is -2.32. The van der Waals surface area contributed by atoms with Crippen molar-refractivity contribution in [1.29, 1.82) is 0 Å². The number of carbonyl (C=O) groups excluding carboxylic acids is 2. The average molecular weight is 572 g/mol. The van der Waals surface area contributed by atoms with E-state index in [1.807, 2.05) is 88.4 Å². The molecular formula is C29H32BrClN2O3. The lowest BCUT2D eigenvalue weighted by molar-refractivity contribution is -0.143. The molecule has 0 unspecified atom stereocenters. The van der Waals surface area contributed by atoms with Crippen molar-refractivity contribution in [3.05, 3.63) is 98.5 Å². The van der Waals surface area contributed by atoms with Crippen LogP contribution in [0.15, 0.2) is 71.2 Å². The Kier molecular flexibility index (Phi) is 9.97. The number of nitrogens with one attached hydrogen (secondary N) is 1. The number of halogens is 2. The van der Waals surface area contributed by atoms with E-state index < -0.39 is 6.04 Å². The number of amides is 2. The van der Waals surface area contributed by atoms with Crippen LogP contribution in [0.5, 0.6) is 5.75 Å². The van der Waals surface area contributed by atoms with Gasteiger partial charge in [-0.3, -0.25) is 9.59 Å². The number of carbonyl (C=O) groups is 2.